The number of hydrogen-bond donors (Lipinski definition) is 2. The SMILES string of the molecule is CC(NC1CCCSC1)C(=O)NC(C)(C)C. The first-order valence-electron chi connectivity index (χ1n) is 6.04. The molecule has 0 saturated carbocycles. The molecule has 0 aromatic heterocycles. The predicted octanol–water partition coefficient (Wildman–Crippen LogP) is 1.77. The number of carbonyl (C=O) groups excluding carboxylic acids is 1. The van der Waals surface area contributed by atoms with Gasteiger partial charge in [-0.25, -0.2) is 0 Å². The molecular formula is C12H24N2OS. The van der Waals surface area contributed by atoms with Gasteiger partial charge in [-0.05, 0) is 46.3 Å². The van der Waals surface area contributed by atoms with E-state index in [0.29, 0.717) is 6.04 Å². The Morgan fingerprint density at radius 3 is 2.62 bits per heavy atom. The van der Waals surface area contributed by atoms with Crippen molar-refractivity contribution in [1.29, 1.82) is 0 Å². The third-order valence-corrected chi connectivity index (χ3v) is 3.75. The van der Waals surface area contributed by atoms with Crippen LogP contribution in [0, 0.1) is 0 Å². The lowest BCUT2D eigenvalue weighted by Crippen LogP contribution is -2.52. The van der Waals surface area contributed by atoms with Gasteiger partial charge in [-0.1, -0.05) is 0 Å². The fraction of sp³-hybridized carbons (Fsp3) is 0.917. The Balaban J connectivity index is 2.33. The number of carbonyl (C=O) groups is 1. The molecule has 1 aliphatic rings. The van der Waals surface area contributed by atoms with Crippen molar-refractivity contribution in [2.24, 2.45) is 0 Å². The van der Waals surface area contributed by atoms with Crippen LogP contribution in [0.1, 0.15) is 40.5 Å². The van der Waals surface area contributed by atoms with Gasteiger partial charge in [-0.2, -0.15) is 11.8 Å². The molecule has 2 N–H and O–H groups in total. The zero-order valence-electron chi connectivity index (χ0n) is 10.8. The molecule has 16 heavy (non-hydrogen) atoms. The molecule has 1 amide bonds. The van der Waals surface area contributed by atoms with E-state index in [0.717, 1.165) is 5.75 Å². The highest BCUT2D eigenvalue weighted by molar-refractivity contribution is 7.99. The first-order chi connectivity index (χ1) is 7.38. The molecule has 0 aromatic rings. The van der Waals surface area contributed by atoms with E-state index >= 15 is 0 Å². The number of rotatable bonds is 3. The summed E-state index contributed by atoms with van der Waals surface area (Å²) in [6.45, 7) is 7.97. The molecule has 1 aliphatic heterocycles. The van der Waals surface area contributed by atoms with Crippen LogP contribution in [0.25, 0.3) is 0 Å². The normalized spacial score (nSPS) is 23.9. The number of hydrogen-bond acceptors (Lipinski definition) is 3. The number of thioether (sulfide) groups is 1. The maximum Gasteiger partial charge on any atom is 0.237 e. The summed E-state index contributed by atoms with van der Waals surface area (Å²) in [6, 6.07) is 0.405. The van der Waals surface area contributed by atoms with Gasteiger partial charge in [0, 0.05) is 17.3 Å². The first-order valence-corrected chi connectivity index (χ1v) is 7.20. The van der Waals surface area contributed by atoms with Gasteiger partial charge in [0.1, 0.15) is 0 Å². The Morgan fingerprint density at radius 2 is 2.12 bits per heavy atom. The van der Waals surface area contributed by atoms with Gasteiger partial charge in [-0.15, -0.1) is 0 Å². The quantitative estimate of drug-likeness (QED) is 0.795. The first kappa shape index (κ1) is 13.8. The summed E-state index contributed by atoms with van der Waals surface area (Å²) in [7, 11) is 0. The third kappa shape index (κ3) is 5.21. The molecule has 4 heteroatoms. The van der Waals surface area contributed by atoms with Crippen LogP contribution in [0.3, 0.4) is 0 Å². The summed E-state index contributed by atoms with van der Waals surface area (Å²) in [6.07, 6.45) is 2.45. The largest absolute Gasteiger partial charge is 0.350 e. The van der Waals surface area contributed by atoms with Crippen molar-refractivity contribution in [3.8, 4) is 0 Å². The standard InChI is InChI=1S/C12H24N2OS/c1-9(11(15)14-12(2,3)4)13-10-6-5-7-16-8-10/h9-10,13H,5-8H2,1-4H3,(H,14,15). The molecule has 1 heterocycles. The van der Waals surface area contributed by atoms with Crippen molar-refractivity contribution in [2.75, 3.05) is 11.5 Å². The fourth-order valence-corrected chi connectivity index (χ4v) is 2.86. The second-order valence-electron chi connectivity index (χ2n) is 5.54. The minimum Gasteiger partial charge on any atom is -0.350 e. The van der Waals surface area contributed by atoms with Crippen LogP contribution in [0.2, 0.25) is 0 Å². The van der Waals surface area contributed by atoms with Crippen LogP contribution in [-0.4, -0.2) is 35.0 Å². The average molecular weight is 244 g/mol. The maximum atomic E-state index is 11.9. The summed E-state index contributed by atoms with van der Waals surface area (Å²) in [5.74, 6) is 2.50. The molecule has 2 unspecified atom stereocenters. The summed E-state index contributed by atoms with van der Waals surface area (Å²) in [4.78, 5) is 11.9. The van der Waals surface area contributed by atoms with Crippen LogP contribution in [0.15, 0.2) is 0 Å². The molecule has 1 saturated heterocycles. The lowest BCUT2D eigenvalue weighted by molar-refractivity contribution is -0.124. The van der Waals surface area contributed by atoms with Crippen LogP contribution < -0.4 is 10.6 Å². The van der Waals surface area contributed by atoms with Crippen molar-refractivity contribution in [2.45, 2.75) is 58.2 Å². The van der Waals surface area contributed by atoms with Gasteiger partial charge >= 0.3 is 0 Å². The van der Waals surface area contributed by atoms with Crippen LogP contribution >= 0.6 is 11.8 Å². The molecule has 1 fully saturated rings. The maximum absolute atomic E-state index is 11.9. The Kier molecular flexibility index (Phi) is 5.12. The van der Waals surface area contributed by atoms with E-state index in [-0.39, 0.29) is 17.5 Å². The van der Waals surface area contributed by atoms with E-state index < -0.39 is 0 Å². The van der Waals surface area contributed by atoms with Crippen molar-refractivity contribution in [3.05, 3.63) is 0 Å². The summed E-state index contributed by atoms with van der Waals surface area (Å²) < 4.78 is 0. The van der Waals surface area contributed by atoms with E-state index in [1.54, 1.807) is 0 Å². The van der Waals surface area contributed by atoms with Crippen molar-refractivity contribution in [1.82, 2.24) is 10.6 Å². The predicted molar refractivity (Wildman–Crippen MR) is 70.8 cm³/mol. The second-order valence-corrected chi connectivity index (χ2v) is 6.69. The lowest BCUT2D eigenvalue weighted by atomic mass is 10.1. The van der Waals surface area contributed by atoms with Crippen molar-refractivity contribution < 1.29 is 4.79 Å². The van der Waals surface area contributed by atoms with Gasteiger partial charge in [0.2, 0.25) is 5.91 Å². The van der Waals surface area contributed by atoms with E-state index in [9.17, 15) is 4.79 Å². The minimum absolute atomic E-state index is 0.0945. The molecule has 0 spiro atoms. The molecule has 3 nitrogen and oxygen atoms in total. The van der Waals surface area contributed by atoms with Crippen molar-refractivity contribution >= 4 is 17.7 Å². The topological polar surface area (TPSA) is 41.1 Å². The fourth-order valence-electron chi connectivity index (χ4n) is 1.78. The van der Waals surface area contributed by atoms with Crippen LogP contribution in [0.5, 0.6) is 0 Å². The van der Waals surface area contributed by atoms with Gasteiger partial charge in [0.05, 0.1) is 6.04 Å². The number of amides is 1. The molecule has 0 bridgehead atoms. The van der Waals surface area contributed by atoms with Gasteiger partial charge in [0.25, 0.3) is 0 Å². The van der Waals surface area contributed by atoms with E-state index in [2.05, 4.69) is 10.6 Å². The van der Waals surface area contributed by atoms with Crippen LogP contribution in [-0.2, 0) is 4.79 Å². The second kappa shape index (κ2) is 5.92. The zero-order valence-corrected chi connectivity index (χ0v) is 11.6. The van der Waals surface area contributed by atoms with Crippen molar-refractivity contribution in [3.63, 3.8) is 0 Å². The highest BCUT2D eigenvalue weighted by Crippen LogP contribution is 2.17. The molecule has 1 rings (SSSR count). The molecule has 0 aromatic carbocycles. The molecule has 0 radical (unpaired) electrons. The highest BCUT2D eigenvalue weighted by Gasteiger charge is 2.22. The summed E-state index contributed by atoms with van der Waals surface area (Å²) >= 11 is 1.98. The van der Waals surface area contributed by atoms with E-state index in [1.807, 2.05) is 39.5 Å². The molecule has 2 atom stereocenters. The smallest absolute Gasteiger partial charge is 0.237 e. The average Bonchev–Trinajstić information content (AvgIpc) is 2.16. The van der Waals surface area contributed by atoms with Gasteiger partial charge in [0.15, 0.2) is 0 Å². The Labute approximate surface area is 103 Å². The van der Waals surface area contributed by atoms with Crippen LogP contribution in [0.4, 0.5) is 0 Å². The third-order valence-electron chi connectivity index (χ3n) is 2.54. The van der Waals surface area contributed by atoms with E-state index in [4.69, 9.17) is 0 Å². The molecule has 0 aliphatic carbocycles. The van der Waals surface area contributed by atoms with E-state index in [1.165, 1.54) is 18.6 Å². The zero-order chi connectivity index (χ0) is 12.2. The molecular weight excluding hydrogens is 220 g/mol. The Morgan fingerprint density at radius 1 is 1.44 bits per heavy atom. The minimum atomic E-state index is -0.145. The lowest BCUT2D eigenvalue weighted by Gasteiger charge is -2.28. The summed E-state index contributed by atoms with van der Waals surface area (Å²) in [5, 5.41) is 6.41. The summed E-state index contributed by atoms with van der Waals surface area (Å²) in [5.41, 5.74) is -0.145. The Hall–Kier alpha value is -0.220. The molecule has 94 valence electrons. The monoisotopic (exact) mass is 244 g/mol. The van der Waals surface area contributed by atoms with Gasteiger partial charge < -0.3 is 10.6 Å². The Bertz CT molecular complexity index is 232. The number of nitrogens with one attached hydrogen (secondary N) is 2. The van der Waals surface area contributed by atoms with Gasteiger partial charge in [-0.3, -0.25) is 4.79 Å². The highest BCUT2D eigenvalue weighted by atomic mass is 32.2.